The molecule has 0 bridgehead atoms. The van der Waals surface area contributed by atoms with E-state index in [1.54, 1.807) is 11.0 Å². The lowest BCUT2D eigenvalue weighted by Crippen LogP contribution is -2.37. The minimum atomic E-state index is -0.522. The third-order valence-corrected chi connectivity index (χ3v) is 4.28. The van der Waals surface area contributed by atoms with Crippen LogP contribution in [0.25, 0.3) is 0 Å². The van der Waals surface area contributed by atoms with E-state index < -0.39 is 11.7 Å². The maximum Gasteiger partial charge on any atom is 0.230 e. The Morgan fingerprint density at radius 2 is 2.23 bits per heavy atom. The van der Waals surface area contributed by atoms with Gasteiger partial charge in [-0.05, 0) is 36.6 Å². The second-order valence-electron chi connectivity index (χ2n) is 5.71. The highest BCUT2D eigenvalue weighted by atomic mass is 35.5. The number of nitrogens with zero attached hydrogens (tertiary/aromatic N) is 1. The van der Waals surface area contributed by atoms with Crippen molar-refractivity contribution in [3.63, 3.8) is 0 Å². The second kappa shape index (κ2) is 6.62. The van der Waals surface area contributed by atoms with Crippen molar-refractivity contribution in [1.82, 2.24) is 4.90 Å². The van der Waals surface area contributed by atoms with Crippen LogP contribution < -0.4 is 11.1 Å². The standard InChI is InChI=1S/C15H18FN3O2.ClH/c16-10-1-2-11-12(6-14(20)18-13(11)5-10)15(21)19-4-3-9(7-17)8-19;/h1-2,5,9,12H,3-4,6-8,17H2,(H,18,20);1H. The van der Waals surface area contributed by atoms with Gasteiger partial charge in [-0.3, -0.25) is 9.59 Å². The molecule has 5 nitrogen and oxygen atoms in total. The third kappa shape index (κ3) is 3.08. The summed E-state index contributed by atoms with van der Waals surface area (Å²) in [6.45, 7) is 1.88. The van der Waals surface area contributed by atoms with Crippen LogP contribution >= 0.6 is 12.4 Å². The van der Waals surface area contributed by atoms with Gasteiger partial charge in [0.25, 0.3) is 0 Å². The normalized spacial score (nSPS) is 23.5. The fourth-order valence-electron chi connectivity index (χ4n) is 3.10. The average Bonchev–Trinajstić information content (AvgIpc) is 2.94. The molecule has 1 fully saturated rings. The van der Waals surface area contributed by atoms with Crippen molar-refractivity contribution in [2.45, 2.75) is 18.8 Å². The van der Waals surface area contributed by atoms with Gasteiger partial charge in [0.15, 0.2) is 0 Å². The van der Waals surface area contributed by atoms with Crippen LogP contribution in [-0.4, -0.2) is 36.3 Å². The Morgan fingerprint density at radius 3 is 2.91 bits per heavy atom. The van der Waals surface area contributed by atoms with Crippen LogP contribution in [0.4, 0.5) is 10.1 Å². The van der Waals surface area contributed by atoms with Gasteiger partial charge in [-0.15, -0.1) is 12.4 Å². The Balaban J connectivity index is 0.00000176. The zero-order valence-electron chi connectivity index (χ0n) is 12.0. The molecule has 7 heteroatoms. The number of hydrogen-bond donors (Lipinski definition) is 2. The molecule has 3 N–H and O–H groups in total. The smallest absolute Gasteiger partial charge is 0.230 e. The number of fused-ring (bicyclic) bond motifs is 1. The highest BCUT2D eigenvalue weighted by molar-refractivity contribution is 6.01. The van der Waals surface area contributed by atoms with Gasteiger partial charge in [0.1, 0.15) is 5.82 Å². The summed E-state index contributed by atoms with van der Waals surface area (Å²) in [4.78, 5) is 26.2. The topological polar surface area (TPSA) is 75.4 Å². The van der Waals surface area contributed by atoms with E-state index in [1.165, 1.54) is 12.1 Å². The minimum absolute atomic E-state index is 0. The molecule has 2 heterocycles. The monoisotopic (exact) mass is 327 g/mol. The van der Waals surface area contributed by atoms with E-state index >= 15 is 0 Å². The molecule has 3 rings (SSSR count). The number of benzene rings is 1. The van der Waals surface area contributed by atoms with Crippen molar-refractivity contribution in [2.24, 2.45) is 11.7 Å². The van der Waals surface area contributed by atoms with Crippen LogP contribution in [0.2, 0.25) is 0 Å². The molecule has 0 radical (unpaired) electrons. The Hall–Kier alpha value is -1.66. The number of halogens is 2. The number of carbonyl (C=O) groups excluding carboxylic acids is 2. The van der Waals surface area contributed by atoms with E-state index in [-0.39, 0.29) is 30.6 Å². The Labute approximate surface area is 134 Å². The second-order valence-corrected chi connectivity index (χ2v) is 5.71. The first-order chi connectivity index (χ1) is 10.1. The van der Waals surface area contributed by atoms with Gasteiger partial charge in [0.05, 0.1) is 5.92 Å². The van der Waals surface area contributed by atoms with Gasteiger partial charge in [0.2, 0.25) is 11.8 Å². The predicted octanol–water partition coefficient (Wildman–Crippen LogP) is 1.48. The van der Waals surface area contributed by atoms with Crippen molar-refractivity contribution in [1.29, 1.82) is 0 Å². The molecule has 120 valence electrons. The molecule has 2 aliphatic heterocycles. The molecule has 0 saturated carbocycles. The minimum Gasteiger partial charge on any atom is -0.342 e. The lowest BCUT2D eigenvalue weighted by atomic mass is 9.89. The van der Waals surface area contributed by atoms with E-state index in [4.69, 9.17) is 5.73 Å². The Bertz CT molecular complexity index is 596. The number of nitrogens with one attached hydrogen (secondary N) is 1. The molecule has 2 atom stereocenters. The quantitative estimate of drug-likeness (QED) is 0.864. The summed E-state index contributed by atoms with van der Waals surface area (Å²) < 4.78 is 13.3. The molecule has 0 aromatic heterocycles. The first-order valence-electron chi connectivity index (χ1n) is 7.16. The SMILES string of the molecule is Cl.NCC1CCN(C(=O)C2CC(=O)Nc3cc(F)ccc32)C1. The van der Waals surface area contributed by atoms with Crippen LogP contribution in [-0.2, 0) is 9.59 Å². The van der Waals surface area contributed by atoms with Crippen LogP contribution in [0.15, 0.2) is 18.2 Å². The van der Waals surface area contributed by atoms with Gasteiger partial charge in [0, 0.05) is 25.2 Å². The van der Waals surface area contributed by atoms with Crippen molar-refractivity contribution in [3.05, 3.63) is 29.6 Å². The number of rotatable bonds is 2. The van der Waals surface area contributed by atoms with E-state index in [0.29, 0.717) is 36.8 Å². The number of amides is 2. The van der Waals surface area contributed by atoms with Crippen LogP contribution in [0.3, 0.4) is 0 Å². The van der Waals surface area contributed by atoms with E-state index in [1.807, 2.05) is 0 Å². The average molecular weight is 328 g/mol. The Kier molecular flexibility index (Phi) is 5.03. The van der Waals surface area contributed by atoms with E-state index in [2.05, 4.69) is 5.32 Å². The summed E-state index contributed by atoms with van der Waals surface area (Å²) in [5.74, 6) is -0.925. The molecule has 1 saturated heterocycles. The summed E-state index contributed by atoms with van der Waals surface area (Å²) in [6, 6.07) is 4.17. The highest BCUT2D eigenvalue weighted by Crippen LogP contribution is 2.35. The van der Waals surface area contributed by atoms with Crippen molar-refractivity contribution in [3.8, 4) is 0 Å². The molecular formula is C15H19ClFN3O2. The third-order valence-electron chi connectivity index (χ3n) is 4.28. The summed E-state index contributed by atoms with van der Waals surface area (Å²) in [5.41, 5.74) is 6.74. The first kappa shape index (κ1) is 16.7. The zero-order valence-corrected chi connectivity index (χ0v) is 12.9. The van der Waals surface area contributed by atoms with Crippen molar-refractivity contribution in [2.75, 3.05) is 25.0 Å². The lowest BCUT2D eigenvalue weighted by Gasteiger charge is -2.28. The number of nitrogens with two attached hydrogens (primary N) is 1. The van der Waals surface area contributed by atoms with E-state index in [0.717, 1.165) is 6.42 Å². The number of anilines is 1. The number of carbonyl (C=O) groups is 2. The molecule has 2 aliphatic rings. The van der Waals surface area contributed by atoms with Crippen LogP contribution in [0.1, 0.15) is 24.3 Å². The van der Waals surface area contributed by atoms with Crippen LogP contribution in [0.5, 0.6) is 0 Å². The molecule has 1 aromatic rings. The van der Waals surface area contributed by atoms with Crippen LogP contribution in [0, 0.1) is 11.7 Å². The van der Waals surface area contributed by atoms with E-state index in [9.17, 15) is 14.0 Å². The summed E-state index contributed by atoms with van der Waals surface area (Å²) >= 11 is 0. The molecular weight excluding hydrogens is 309 g/mol. The number of likely N-dealkylation sites (tertiary alicyclic amines) is 1. The van der Waals surface area contributed by atoms with Crippen molar-refractivity contribution < 1.29 is 14.0 Å². The molecule has 0 aliphatic carbocycles. The fraction of sp³-hybridized carbons (Fsp3) is 0.467. The maximum absolute atomic E-state index is 13.3. The fourth-order valence-corrected chi connectivity index (χ4v) is 3.10. The summed E-state index contributed by atoms with van der Waals surface area (Å²) in [5, 5.41) is 2.63. The largest absolute Gasteiger partial charge is 0.342 e. The summed E-state index contributed by atoms with van der Waals surface area (Å²) in [7, 11) is 0. The summed E-state index contributed by atoms with van der Waals surface area (Å²) in [6.07, 6.45) is 1.01. The molecule has 2 unspecified atom stereocenters. The van der Waals surface area contributed by atoms with Crippen molar-refractivity contribution >= 4 is 29.9 Å². The van der Waals surface area contributed by atoms with Gasteiger partial charge in [-0.2, -0.15) is 0 Å². The van der Waals surface area contributed by atoms with Gasteiger partial charge < -0.3 is 16.0 Å². The lowest BCUT2D eigenvalue weighted by molar-refractivity contribution is -0.134. The van der Waals surface area contributed by atoms with Gasteiger partial charge >= 0.3 is 0 Å². The zero-order chi connectivity index (χ0) is 15.0. The number of hydrogen-bond acceptors (Lipinski definition) is 3. The Morgan fingerprint density at radius 1 is 1.45 bits per heavy atom. The molecule has 0 spiro atoms. The highest BCUT2D eigenvalue weighted by Gasteiger charge is 2.36. The first-order valence-corrected chi connectivity index (χ1v) is 7.16. The maximum atomic E-state index is 13.3. The predicted molar refractivity (Wildman–Crippen MR) is 83.4 cm³/mol. The molecule has 1 aromatic carbocycles. The molecule has 2 amide bonds. The van der Waals surface area contributed by atoms with Gasteiger partial charge in [-0.1, -0.05) is 6.07 Å². The molecule has 22 heavy (non-hydrogen) atoms. The van der Waals surface area contributed by atoms with Gasteiger partial charge in [-0.25, -0.2) is 4.39 Å².